The molecule has 1 amide bonds. The van der Waals surface area contributed by atoms with Crippen LogP contribution in [0, 0.1) is 13.7 Å². The molecule has 0 saturated heterocycles. The van der Waals surface area contributed by atoms with E-state index < -0.39 is 4.92 Å². The van der Waals surface area contributed by atoms with Gasteiger partial charge in [-0.3, -0.25) is 20.2 Å². The highest BCUT2D eigenvalue weighted by atomic mass is 127. The Balaban J connectivity index is 2.13. The van der Waals surface area contributed by atoms with Crippen LogP contribution in [-0.2, 0) is 0 Å². The van der Waals surface area contributed by atoms with Gasteiger partial charge >= 0.3 is 0 Å². The normalized spacial score (nSPS) is 9.92. The van der Waals surface area contributed by atoms with Crippen molar-refractivity contribution in [2.24, 2.45) is 0 Å². The van der Waals surface area contributed by atoms with Crippen molar-refractivity contribution in [3.63, 3.8) is 0 Å². The Morgan fingerprint density at radius 2 is 2.04 bits per heavy atom. The van der Waals surface area contributed by atoms with Crippen LogP contribution in [0.5, 0.6) is 5.75 Å². The maximum Gasteiger partial charge on any atom is 0.271 e. The van der Waals surface area contributed by atoms with E-state index in [-0.39, 0.29) is 16.7 Å². The van der Waals surface area contributed by atoms with Gasteiger partial charge in [-0.15, -0.1) is 0 Å². The summed E-state index contributed by atoms with van der Waals surface area (Å²) < 4.78 is 6.04. The molecule has 0 aromatic heterocycles. The van der Waals surface area contributed by atoms with Gasteiger partial charge in [0.05, 0.1) is 17.7 Å². The monoisotopic (exact) mass is 457 g/mol. The highest BCUT2D eigenvalue weighted by Gasteiger charge is 2.14. The van der Waals surface area contributed by atoms with Crippen molar-refractivity contribution < 1.29 is 14.5 Å². The van der Waals surface area contributed by atoms with Gasteiger partial charge in [-0.25, -0.2) is 0 Å². The van der Waals surface area contributed by atoms with Crippen LogP contribution in [0.25, 0.3) is 0 Å². The number of rotatable bonds is 4. The largest absolute Gasteiger partial charge is 0.495 e. The molecule has 0 saturated carbocycles. The van der Waals surface area contributed by atoms with Crippen LogP contribution >= 0.6 is 34.8 Å². The summed E-state index contributed by atoms with van der Waals surface area (Å²) in [4.78, 5) is 22.5. The van der Waals surface area contributed by atoms with Gasteiger partial charge in [0.2, 0.25) is 0 Å². The standard InChI is InChI=1S/C15H12IN3O4S/c1-23-13-6-5-11(19(21)22)8-12(13)17-15(24)18-14(20)9-3-2-4-10(16)7-9/h2-8H,1H3,(H2,17,18,20,24). The van der Waals surface area contributed by atoms with E-state index in [1.807, 2.05) is 6.07 Å². The molecule has 0 unspecified atom stereocenters. The molecule has 2 aromatic rings. The first-order valence-electron chi connectivity index (χ1n) is 6.61. The van der Waals surface area contributed by atoms with Crippen LogP contribution in [0.1, 0.15) is 10.4 Å². The van der Waals surface area contributed by atoms with Gasteiger partial charge in [-0.1, -0.05) is 6.07 Å². The summed E-state index contributed by atoms with van der Waals surface area (Å²) >= 11 is 7.19. The molecule has 2 N–H and O–H groups in total. The maximum atomic E-state index is 12.1. The van der Waals surface area contributed by atoms with E-state index in [4.69, 9.17) is 17.0 Å². The van der Waals surface area contributed by atoms with Gasteiger partial charge < -0.3 is 10.1 Å². The lowest BCUT2D eigenvalue weighted by atomic mass is 10.2. The third-order valence-corrected chi connectivity index (χ3v) is 3.83. The lowest BCUT2D eigenvalue weighted by Gasteiger charge is -2.12. The molecule has 0 radical (unpaired) electrons. The number of nitro groups is 1. The number of ether oxygens (including phenoxy) is 1. The molecule has 124 valence electrons. The fraction of sp³-hybridized carbons (Fsp3) is 0.0667. The number of nitrogens with zero attached hydrogens (tertiary/aromatic N) is 1. The molecule has 0 spiro atoms. The number of carbonyl (C=O) groups is 1. The zero-order valence-electron chi connectivity index (χ0n) is 12.4. The second kappa shape index (κ2) is 8.02. The summed E-state index contributed by atoms with van der Waals surface area (Å²) in [5, 5.41) is 16.1. The predicted molar refractivity (Wildman–Crippen MR) is 102 cm³/mol. The zero-order chi connectivity index (χ0) is 17.7. The average molecular weight is 457 g/mol. The van der Waals surface area contributed by atoms with Crippen molar-refractivity contribution in [1.82, 2.24) is 5.32 Å². The Morgan fingerprint density at radius 3 is 2.67 bits per heavy atom. The van der Waals surface area contributed by atoms with E-state index >= 15 is 0 Å². The molecule has 7 nitrogen and oxygen atoms in total. The number of hydrogen-bond donors (Lipinski definition) is 2. The maximum absolute atomic E-state index is 12.1. The van der Waals surface area contributed by atoms with E-state index in [0.717, 1.165) is 3.57 Å². The van der Waals surface area contributed by atoms with Crippen LogP contribution in [0.15, 0.2) is 42.5 Å². The Kier molecular flexibility index (Phi) is 6.04. The van der Waals surface area contributed by atoms with Crippen LogP contribution in [-0.4, -0.2) is 23.1 Å². The van der Waals surface area contributed by atoms with E-state index in [1.54, 1.807) is 18.2 Å². The fourth-order valence-electron chi connectivity index (χ4n) is 1.87. The van der Waals surface area contributed by atoms with Crippen LogP contribution in [0.3, 0.4) is 0 Å². The lowest BCUT2D eigenvalue weighted by molar-refractivity contribution is -0.384. The SMILES string of the molecule is COc1ccc([N+](=O)[O-])cc1NC(=S)NC(=O)c1cccc(I)c1. The molecule has 2 rings (SSSR count). The molecular formula is C15H12IN3O4S. The Labute approximate surface area is 156 Å². The summed E-state index contributed by atoms with van der Waals surface area (Å²) in [6, 6.07) is 11.0. The summed E-state index contributed by atoms with van der Waals surface area (Å²) in [6.07, 6.45) is 0. The predicted octanol–water partition coefficient (Wildman–Crippen LogP) is 3.33. The molecule has 0 fully saturated rings. The van der Waals surface area contributed by atoms with Gasteiger partial charge in [-0.05, 0) is 59.1 Å². The molecule has 0 aliphatic rings. The first-order chi connectivity index (χ1) is 11.4. The molecule has 2 aromatic carbocycles. The molecule has 0 atom stereocenters. The summed E-state index contributed by atoms with van der Waals surface area (Å²) in [7, 11) is 1.43. The molecule has 0 bridgehead atoms. The third-order valence-electron chi connectivity index (χ3n) is 2.96. The van der Waals surface area contributed by atoms with Crippen LogP contribution in [0.4, 0.5) is 11.4 Å². The Morgan fingerprint density at radius 1 is 1.29 bits per heavy atom. The number of nitrogens with one attached hydrogen (secondary N) is 2. The van der Waals surface area contributed by atoms with Crippen molar-refractivity contribution in [2.45, 2.75) is 0 Å². The second-order valence-electron chi connectivity index (χ2n) is 4.56. The van der Waals surface area contributed by atoms with E-state index in [0.29, 0.717) is 17.0 Å². The summed E-state index contributed by atoms with van der Waals surface area (Å²) in [5.41, 5.74) is 0.627. The van der Waals surface area contributed by atoms with Crippen molar-refractivity contribution >= 4 is 57.2 Å². The zero-order valence-corrected chi connectivity index (χ0v) is 15.4. The Bertz CT molecular complexity index is 813. The van der Waals surface area contributed by atoms with Crippen molar-refractivity contribution in [2.75, 3.05) is 12.4 Å². The first-order valence-corrected chi connectivity index (χ1v) is 8.09. The smallest absolute Gasteiger partial charge is 0.271 e. The van der Waals surface area contributed by atoms with Gasteiger partial charge in [0.15, 0.2) is 5.11 Å². The van der Waals surface area contributed by atoms with Crippen LogP contribution in [0.2, 0.25) is 0 Å². The topological polar surface area (TPSA) is 93.5 Å². The van der Waals surface area contributed by atoms with E-state index in [2.05, 4.69) is 33.2 Å². The summed E-state index contributed by atoms with van der Waals surface area (Å²) in [5.74, 6) is -0.0122. The number of non-ortho nitro benzene ring substituents is 1. The number of halogens is 1. The van der Waals surface area contributed by atoms with Gasteiger partial charge in [0, 0.05) is 21.3 Å². The van der Waals surface area contributed by atoms with E-state index in [1.165, 1.54) is 25.3 Å². The number of thiocarbonyl (C=S) groups is 1. The van der Waals surface area contributed by atoms with Crippen molar-refractivity contribution in [1.29, 1.82) is 0 Å². The molecule has 24 heavy (non-hydrogen) atoms. The number of methoxy groups -OCH3 is 1. The molecule has 0 aliphatic carbocycles. The number of anilines is 1. The number of carbonyl (C=O) groups excluding carboxylic acids is 1. The van der Waals surface area contributed by atoms with Gasteiger partial charge in [-0.2, -0.15) is 0 Å². The van der Waals surface area contributed by atoms with Crippen molar-refractivity contribution in [3.05, 3.63) is 61.7 Å². The minimum atomic E-state index is -0.530. The molecule has 0 heterocycles. The third kappa shape index (κ3) is 4.61. The lowest BCUT2D eigenvalue weighted by Crippen LogP contribution is -2.34. The number of hydrogen-bond acceptors (Lipinski definition) is 5. The second-order valence-corrected chi connectivity index (χ2v) is 6.21. The fourth-order valence-corrected chi connectivity index (χ4v) is 2.61. The Hall–Kier alpha value is -2.27. The first kappa shape index (κ1) is 18.1. The highest BCUT2D eigenvalue weighted by molar-refractivity contribution is 14.1. The molecule has 9 heteroatoms. The minimum absolute atomic E-state index is 0.0117. The minimum Gasteiger partial charge on any atom is -0.495 e. The highest BCUT2D eigenvalue weighted by Crippen LogP contribution is 2.28. The van der Waals surface area contributed by atoms with Crippen LogP contribution < -0.4 is 15.4 Å². The number of benzene rings is 2. The molecular weight excluding hydrogens is 445 g/mol. The van der Waals surface area contributed by atoms with Crippen molar-refractivity contribution in [3.8, 4) is 5.75 Å². The quantitative estimate of drug-likeness (QED) is 0.317. The summed E-state index contributed by atoms with van der Waals surface area (Å²) in [6.45, 7) is 0. The van der Waals surface area contributed by atoms with E-state index in [9.17, 15) is 14.9 Å². The van der Waals surface area contributed by atoms with Gasteiger partial charge in [0.1, 0.15) is 5.75 Å². The number of nitro benzene ring substituents is 1. The average Bonchev–Trinajstić information content (AvgIpc) is 2.54. The van der Waals surface area contributed by atoms with Gasteiger partial charge in [0.25, 0.3) is 11.6 Å². The molecule has 0 aliphatic heterocycles. The number of amides is 1.